The van der Waals surface area contributed by atoms with Gasteiger partial charge in [-0.3, -0.25) is 9.78 Å². The Balaban J connectivity index is 1.51. The van der Waals surface area contributed by atoms with E-state index in [9.17, 15) is 18.0 Å². The summed E-state index contributed by atoms with van der Waals surface area (Å²) in [6.07, 6.45) is 4.76. The Morgan fingerprint density at radius 3 is 2.58 bits per heavy atom. The zero-order valence-electron chi connectivity index (χ0n) is 21.7. The van der Waals surface area contributed by atoms with Crippen molar-refractivity contribution < 1.29 is 18.0 Å². The number of rotatable bonds is 8. The lowest BCUT2D eigenvalue weighted by Gasteiger charge is -2.14. The molecule has 0 aliphatic rings. The second kappa shape index (κ2) is 11.7. The van der Waals surface area contributed by atoms with Crippen molar-refractivity contribution in [3.63, 3.8) is 0 Å². The van der Waals surface area contributed by atoms with Gasteiger partial charge in [-0.05, 0) is 68.0 Å². The van der Waals surface area contributed by atoms with E-state index in [1.807, 2.05) is 13.0 Å². The van der Waals surface area contributed by atoms with Crippen molar-refractivity contribution in [1.82, 2.24) is 14.5 Å². The number of carbonyl (C=O) groups excluding carboxylic acids is 1. The molecule has 2 aromatic carbocycles. The lowest BCUT2D eigenvalue weighted by molar-refractivity contribution is -0.137. The number of hydrogen-bond donors (Lipinski definition) is 3. The minimum Gasteiger partial charge on any atom is -0.398 e. The average molecular weight is 546 g/mol. The number of allylic oxidation sites excluding steroid dienone is 1. The number of carbonyl (C=O) groups is 1. The molecule has 4 rings (SSSR count). The van der Waals surface area contributed by atoms with Crippen LogP contribution in [0.25, 0.3) is 11.4 Å². The molecule has 0 aliphatic carbocycles. The molecule has 0 saturated heterocycles. The first-order chi connectivity index (χ1) is 19.0. The van der Waals surface area contributed by atoms with E-state index in [1.54, 1.807) is 55.9 Å². The highest BCUT2D eigenvalue weighted by molar-refractivity contribution is 6.05. The Labute approximate surface area is 228 Å². The molecule has 4 aromatic rings. The number of alkyl halides is 3. The van der Waals surface area contributed by atoms with Crippen LogP contribution < -0.4 is 16.4 Å². The summed E-state index contributed by atoms with van der Waals surface area (Å²) in [5.74, 6) is -0.300. The summed E-state index contributed by atoms with van der Waals surface area (Å²) < 4.78 is 42.2. The zero-order chi connectivity index (χ0) is 28.9. The van der Waals surface area contributed by atoms with Crippen LogP contribution in [0, 0.1) is 13.8 Å². The number of nitrogens with one attached hydrogen (secondary N) is 2. The number of benzene rings is 2. The molecule has 40 heavy (non-hydrogen) atoms. The molecule has 0 atom stereocenters. The van der Waals surface area contributed by atoms with Gasteiger partial charge in [-0.1, -0.05) is 12.6 Å². The fourth-order valence-electron chi connectivity index (χ4n) is 3.68. The maximum atomic E-state index is 13.6. The number of nitrogens with two attached hydrogens (primary N) is 1. The largest absolute Gasteiger partial charge is 0.416 e. The monoisotopic (exact) mass is 545 g/mol. The highest BCUT2D eigenvalue weighted by Gasteiger charge is 2.31. The van der Waals surface area contributed by atoms with Crippen LogP contribution in [0.3, 0.4) is 0 Å². The van der Waals surface area contributed by atoms with E-state index in [4.69, 9.17) is 5.73 Å². The number of imidazole rings is 1. The highest BCUT2D eigenvalue weighted by atomic mass is 19.4. The molecule has 11 heteroatoms. The predicted molar refractivity (Wildman–Crippen MR) is 150 cm³/mol. The molecule has 8 nitrogen and oxygen atoms in total. The maximum Gasteiger partial charge on any atom is 0.416 e. The van der Waals surface area contributed by atoms with Crippen LogP contribution in [-0.2, 0) is 6.18 Å². The zero-order valence-corrected chi connectivity index (χ0v) is 21.7. The number of aryl methyl sites for hydroxylation is 2. The van der Waals surface area contributed by atoms with E-state index in [0.29, 0.717) is 17.1 Å². The SMILES string of the molecule is C=C(/N=C\C=C(/N)c1cccnc1)Nc1cc(C(=O)Nc2cc(-n3cnc(C)c3)cc(C(F)(F)F)c2)ccc1C. The topological polar surface area (TPSA) is 110 Å². The van der Waals surface area contributed by atoms with Crippen molar-refractivity contribution in [3.05, 3.63) is 120 Å². The minimum atomic E-state index is -4.61. The molecule has 0 fully saturated rings. The number of halogens is 3. The molecule has 2 heterocycles. The molecule has 204 valence electrons. The minimum absolute atomic E-state index is 0.0109. The number of pyridine rings is 1. The van der Waals surface area contributed by atoms with E-state index in [-0.39, 0.29) is 22.8 Å². The van der Waals surface area contributed by atoms with E-state index >= 15 is 0 Å². The Kier molecular flexibility index (Phi) is 8.13. The van der Waals surface area contributed by atoms with Gasteiger partial charge in [0, 0.05) is 58.7 Å². The van der Waals surface area contributed by atoms with E-state index < -0.39 is 17.6 Å². The number of nitrogens with zero attached hydrogens (tertiary/aromatic N) is 4. The standard InChI is InChI=1S/C29H26F3N7O/c1-18-6-7-21(11-27(18)37-20(3)35-10-8-26(33)22-5-4-9-34-15-22)28(40)38-24-12-23(29(30,31)32)13-25(14-24)39-16-19(2)36-17-39/h4-17,37H,3,33H2,1-2H3,(H,38,40)/b26-8-,35-10-. The first kappa shape index (κ1) is 27.8. The third-order valence-corrected chi connectivity index (χ3v) is 5.77. The molecule has 0 aliphatic heterocycles. The van der Waals surface area contributed by atoms with Gasteiger partial charge in [-0.2, -0.15) is 13.2 Å². The predicted octanol–water partition coefficient (Wildman–Crippen LogP) is 6.11. The Morgan fingerprint density at radius 1 is 1.10 bits per heavy atom. The van der Waals surface area contributed by atoms with Crippen molar-refractivity contribution in [2.75, 3.05) is 10.6 Å². The summed E-state index contributed by atoms with van der Waals surface area (Å²) in [5, 5.41) is 5.60. The first-order valence-corrected chi connectivity index (χ1v) is 12.0. The van der Waals surface area contributed by atoms with Crippen molar-refractivity contribution >= 4 is 29.2 Å². The van der Waals surface area contributed by atoms with E-state index in [2.05, 4.69) is 32.2 Å². The van der Waals surface area contributed by atoms with Crippen molar-refractivity contribution in [2.45, 2.75) is 20.0 Å². The highest BCUT2D eigenvalue weighted by Crippen LogP contribution is 2.33. The molecule has 0 unspecified atom stereocenters. The second-order valence-electron chi connectivity index (χ2n) is 8.89. The molecular formula is C29H26F3N7O. The van der Waals surface area contributed by atoms with E-state index in [0.717, 1.165) is 23.3 Å². The number of hydrogen-bond acceptors (Lipinski definition) is 6. The smallest absolute Gasteiger partial charge is 0.398 e. The van der Waals surface area contributed by atoms with Gasteiger partial charge in [0.05, 0.1) is 17.6 Å². The summed E-state index contributed by atoms with van der Waals surface area (Å²) in [4.78, 5) is 25.3. The van der Waals surface area contributed by atoms with E-state index in [1.165, 1.54) is 23.2 Å². The fraction of sp³-hybridized carbons (Fsp3) is 0.103. The summed E-state index contributed by atoms with van der Waals surface area (Å²) in [5.41, 5.74) is 8.76. The van der Waals surface area contributed by atoms with Gasteiger partial charge >= 0.3 is 6.18 Å². The van der Waals surface area contributed by atoms with Gasteiger partial charge < -0.3 is 20.9 Å². The number of amides is 1. The van der Waals surface area contributed by atoms with Gasteiger partial charge in [-0.15, -0.1) is 0 Å². The van der Waals surface area contributed by atoms with Crippen LogP contribution in [0.4, 0.5) is 24.5 Å². The lowest BCUT2D eigenvalue weighted by atomic mass is 10.1. The summed E-state index contributed by atoms with van der Waals surface area (Å²) in [7, 11) is 0. The molecule has 0 radical (unpaired) electrons. The van der Waals surface area contributed by atoms with Crippen LogP contribution in [0.1, 0.15) is 32.7 Å². The van der Waals surface area contributed by atoms with Crippen LogP contribution >= 0.6 is 0 Å². The fourth-order valence-corrected chi connectivity index (χ4v) is 3.68. The normalized spacial score (nSPS) is 12.0. The molecule has 0 bridgehead atoms. The van der Waals surface area contributed by atoms with Crippen LogP contribution in [0.5, 0.6) is 0 Å². The van der Waals surface area contributed by atoms with Crippen molar-refractivity contribution in [2.24, 2.45) is 10.7 Å². The van der Waals surface area contributed by atoms with Crippen LogP contribution in [0.15, 0.2) is 96.9 Å². The molecule has 0 spiro atoms. The molecular weight excluding hydrogens is 519 g/mol. The molecule has 2 aromatic heterocycles. The Hall–Kier alpha value is -5.19. The van der Waals surface area contributed by atoms with Crippen molar-refractivity contribution in [3.8, 4) is 5.69 Å². The molecule has 1 amide bonds. The average Bonchev–Trinajstić information content (AvgIpc) is 3.36. The van der Waals surface area contributed by atoms with Gasteiger partial charge in [0.1, 0.15) is 5.82 Å². The van der Waals surface area contributed by atoms with Gasteiger partial charge in [-0.25, -0.2) is 9.98 Å². The number of anilines is 2. The van der Waals surface area contributed by atoms with Crippen LogP contribution in [-0.4, -0.2) is 26.7 Å². The Bertz CT molecular complexity index is 1610. The number of aliphatic imine (C=N–C) groups is 1. The Morgan fingerprint density at radius 2 is 1.90 bits per heavy atom. The summed E-state index contributed by atoms with van der Waals surface area (Å²) in [6, 6.07) is 11.8. The second-order valence-corrected chi connectivity index (χ2v) is 8.89. The van der Waals surface area contributed by atoms with Gasteiger partial charge in [0.15, 0.2) is 0 Å². The number of aromatic nitrogens is 3. The summed E-state index contributed by atoms with van der Waals surface area (Å²) in [6.45, 7) is 7.42. The summed E-state index contributed by atoms with van der Waals surface area (Å²) >= 11 is 0. The van der Waals surface area contributed by atoms with Crippen molar-refractivity contribution in [1.29, 1.82) is 0 Å². The van der Waals surface area contributed by atoms with Gasteiger partial charge in [0.2, 0.25) is 0 Å². The van der Waals surface area contributed by atoms with Gasteiger partial charge in [0.25, 0.3) is 5.91 Å². The maximum absolute atomic E-state index is 13.6. The lowest BCUT2D eigenvalue weighted by Crippen LogP contribution is -2.14. The van der Waals surface area contributed by atoms with Crippen LogP contribution in [0.2, 0.25) is 0 Å². The third-order valence-electron chi connectivity index (χ3n) is 5.77. The first-order valence-electron chi connectivity index (χ1n) is 12.0. The molecule has 4 N–H and O–H groups in total. The third kappa shape index (κ3) is 7.01. The molecule has 0 saturated carbocycles. The quantitative estimate of drug-likeness (QED) is 0.232.